The first-order valence-corrected chi connectivity index (χ1v) is 5.94. The average Bonchev–Trinajstić information content (AvgIpc) is 2.65. The molecule has 0 amide bonds. The van der Waals surface area contributed by atoms with Crippen LogP contribution in [0.25, 0.3) is 0 Å². The Bertz CT molecular complexity index is 234. The van der Waals surface area contributed by atoms with Gasteiger partial charge in [0.1, 0.15) is 0 Å². The van der Waals surface area contributed by atoms with Crippen molar-refractivity contribution in [3.63, 3.8) is 0 Å². The zero-order valence-electron chi connectivity index (χ0n) is 10.5. The Labute approximate surface area is 97.8 Å². The highest BCUT2D eigenvalue weighted by Crippen LogP contribution is 2.24. The van der Waals surface area contributed by atoms with E-state index in [1.807, 2.05) is 0 Å². The molecule has 0 aromatic rings. The molecule has 5 heteroatoms. The van der Waals surface area contributed by atoms with Crippen molar-refractivity contribution in [1.82, 2.24) is 10.7 Å². The molecule has 0 radical (unpaired) electrons. The zero-order valence-corrected chi connectivity index (χ0v) is 10.5. The van der Waals surface area contributed by atoms with Gasteiger partial charge in [-0.15, -0.1) is 0 Å². The molecule has 4 N–H and O–H groups in total. The lowest BCUT2D eigenvalue weighted by atomic mass is 10.0. The number of hydrogen-bond acceptors (Lipinski definition) is 3. The number of nitrogens with one attached hydrogen (secondary N) is 2. The highest BCUT2D eigenvalue weighted by Gasteiger charge is 2.29. The summed E-state index contributed by atoms with van der Waals surface area (Å²) in [6.07, 6.45) is 2.19. The fraction of sp³-hybridized carbons (Fsp3) is 0.909. The quantitative estimate of drug-likeness (QED) is 0.285. The number of nitrogens with two attached hydrogens (primary N) is 1. The van der Waals surface area contributed by atoms with Gasteiger partial charge >= 0.3 is 0 Å². The first kappa shape index (κ1) is 13.3. The van der Waals surface area contributed by atoms with Crippen molar-refractivity contribution in [2.45, 2.75) is 39.2 Å². The molecule has 1 aliphatic heterocycles. The molecule has 1 rings (SSSR count). The monoisotopic (exact) mass is 228 g/mol. The summed E-state index contributed by atoms with van der Waals surface area (Å²) in [4.78, 5) is 4.41. The van der Waals surface area contributed by atoms with E-state index in [4.69, 9.17) is 10.6 Å². The number of aliphatic imine (C=N–C) groups is 1. The Morgan fingerprint density at radius 1 is 1.56 bits per heavy atom. The summed E-state index contributed by atoms with van der Waals surface area (Å²) in [5.41, 5.74) is 2.47. The largest absolute Gasteiger partial charge is 0.373 e. The number of hydrazine groups is 1. The van der Waals surface area contributed by atoms with Gasteiger partial charge in [0.25, 0.3) is 0 Å². The SMILES string of the molecule is CC(C)CNC(=NCC1(C)CCCO1)NN. The Morgan fingerprint density at radius 3 is 2.81 bits per heavy atom. The molecule has 5 nitrogen and oxygen atoms in total. The molecule has 1 atom stereocenters. The van der Waals surface area contributed by atoms with Crippen LogP contribution >= 0.6 is 0 Å². The smallest absolute Gasteiger partial charge is 0.205 e. The lowest BCUT2D eigenvalue weighted by Crippen LogP contribution is -2.44. The third-order valence-corrected chi connectivity index (χ3v) is 2.69. The van der Waals surface area contributed by atoms with E-state index >= 15 is 0 Å². The molecule has 0 spiro atoms. The van der Waals surface area contributed by atoms with E-state index in [1.54, 1.807) is 0 Å². The second kappa shape index (κ2) is 6.06. The first-order valence-electron chi connectivity index (χ1n) is 5.94. The van der Waals surface area contributed by atoms with Crippen LogP contribution in [0.3, 0.4) is 0 Å². The lowest BCUT2D eigenvalue weighted by Gasteiger charge is -2.21. The van der Waals surface area contributed by atoms with Gasteiger partial charge in [-0.1, -0.05) is 13.8 Å². The van der Waals surface area contributed by atoms with Crippen LogP contribution in [0.15, 0.2) is 4.99 Å². The predicted octanol–water partition coefficient (Wildman–Crippen LogP) is 0.620. The van der Waals surface area contributed by atoms with Gasteiger partial charge in [0.15, 0.2) is 0 Å². The number of rotatable bonds is 4. The van der Waals surface area contributed by atoms with Crippen molar-refractivity contribution in [1.29, 1.82) is 0 Å². The maximum absolute atomic E-state index is 5.66. The number of guanidine groups is 1. The minimum Gasteiger partial charge on any atom is -0.373 e. The molecule has 94 valence electrons. The van der Waals surface area contributed by atoms with E-state index in [2.05, 4.69) is 36.5 Å². The molecule has 1 unspecified atom stereocenters. The van der Waals surface area contributed by atoms with Gasteiger partial charge in [-0.05, 0) is 25.7 Å². The molecule has 1 fully saturated rings. The highest BCUT2D eigenvalue weighted by atomic mass is 16.5. The van der Waals surface area contributed by atoms with Crippen LogP contribution in [0.5, 0.6) is 0 Å². The van der Waals surface area contributed by atoms with Crippen LogP contribution in [0.2, 0.25) is 0 Å². The topological polar surface area (TPSA) is 71.7 Å². The normalized spacial score (nSPS) is 26.2. The van der Waals surface area contributed by atoms with Crippen LogP contribution in [0, 0.1) is 5.92 Å². The maximum Gasteiger partial charge on any atom is 0.205 e. The minimum absolute atomic E-state index is 0.110. The summed E-state index contributed by atoms with van der Waals surface area (Å²) < 4.78 is 5.66. The van der Waals surface area contributed by atoms with Crippen molar-refractivity contribution in [3.05, 3.63) is 0 Å². The van der Waals surface area contributed by atoms with Crippen molar-refractivity contribution in [3.8, 4) is 0 Å². The van der Waals surface area contributed by atoms with Crippen LogP contribution < -0.4 is 16.6 Å². The molecule has 0 aromatic carbocycles. The van der Waals surface area contributed by atoms with Gasteiger partial charge in [0.2, 0.25) is 5.96 Å². The summed E-state index contributed by atoms with van der Waals surface area (Å²) in [5, 5.41) is 3.17. The van der Waals surface area contributed by atoms with Crippen LogP contribution in [0.1, 0.15) is 33.6 Å². The number of hydrogen-bond donors (Lipinski definition) is 3. The van der Waals surface area contributed by atoms with Crippen molar-refractivity contribution < 1.29 is 4.74 Å². The predicted molar refractivity (Wildman–Crippen MR) is 66.1 cm³/mol. The maximum atomic E-state index is 5.66. The summed E-state index contributed by atoms with van der Waals surface area (Å²) in [6, 6.07) is 0. The summed E-state index contributed by atoms with van der Waals surface area (Å²) in [7, 11) is 0. The third-order valence-electron chi connectivity index (χ3n) is 2.69. The van der Waals surface area contributed by atoms with Gasteiger partial charge in [-0.25, -0.2) is 10.8 Å². The summed E-state index contributed by atoms with van der Waals surface area (Å²) in [6.45, 7) is 8.74. The molecule has 0 bridgehead atoms. The molecular formula is C11H24N4O. The van der Waals surface area contributed by atoms with Crippen molar-refractivity contribution in [2.75, 3.05) is 19.7 Å². The van der Waals surface area contributed by atoms with Crippen LogP contribution in [-0.2, 0) is 4.74 Å². The van der Waals surface area contributed by atoms with Gasteiger partial charge in [0, 0.05) is 13.2 Å². The second-order valence-electron chi connectivity index (χ2n) is 4.99. The lowest BCUT2D eigenvalue weighted by molar-refractivity contribution is 0.0283. The first-order chi connectivity index (χ1) is 7.56. The molecule has 0 saturated carbocycles. The second-order valence-corrected chi connectivity index (χ2v) is 4.99. The number of nitrogens with zero attached hydrogens (tertiary/aromatic N) is 1. The molecule has 0 aliphatic carbocycles. The Hall–Kier alpha value is -0.810. The van der Waals surface area contributed by atoms with Gasteiger partial charge in [0.05, 0.1) is 12.1 Å². The van der Waals surface area contributed by atoms with E-state index in [9.17, 15) is 0 Å². The van der Waals surface area contributed by atoms with Crippen molar-refractivity contribution in [2.24, 2.45) is 16.8 Å². The van der Waals surface area contributed by atoms with E-state index in [1.165, 1.54) is 0 Å². The Morgan fingerprint density at radius 2 is 2.31 bits per heavy atom. The molecule has 16 heavy (non-hydrogen) atoms. The molecular weight excluding hydrogens is 204 g/mol. The van der Waals surface area contributed by atoms with E-state index < -0.39 is 0 Å². The zero-order chi connectivity index (χ0) is 12.0. The average molecular weight is 228 g/mol. The summed E-state index contributed by atoms with van der Waals surface area (Å²) >= 11 is 0. The van der Waals surface area contributed by atoms with Crippen LogP contribution in [0.4, 0.5) is 0 Å². The molecule has 0 aromatic heterocycles. The van der Waals surface area contributed by atoms with E-state index in [0.29, 0.717) is 18.4 Å². The Kier molecular flexibility index (Phi) is 5.02. The molecule has 1 aliphatic rings. The van der Waals surface area contributed by atoms with Gasteiger partial charge in [-0.2, -0.15) is 0 Å². The van der Waals surface area contributed by atoms with Gasteiger partial charge in [-0.3, -0.25) is 5.43 Å². The third kappa shape index (κ3) is 4.37. The summed E-state index contributed by atoms with van der Waals surface area (Å²) in [5.74, 6) is 6.61. The fourth-order valence-electron chi connectivity index (χ4n) is 1.66. The minimum atomic E-state index is -0.110. The fourth-order valence-corrected chi connectivity index (χ4v) is 1.66. The number of ether oxygens (including phenoxy) is 1. The van der Waals surface area contributed by atoms with Crippen LogP contribution in [-0.4, -0.2) is 31.3 Å². The Balaban J connectivity index is 2.39. The highest BCUT2D eigenvalue weighted by molar-refractivity contribution is 5.79. The van der Waals surface area contributed by atoms with E-state index in [-0.39, 0.29) is 5.60 Å². The standard InChI is InChI=1S/C11H24N4O/c1-9(2)7-13-10(15-12)14-8-11(3)5-4-6-16-11/h9H,4-8,12H2,1-3H3,(H2,13,14,15). The van der Waals surface area contributed by atoms with Crippen molar-refractivity contribution >= 4 is 5.96 Å². The van der Waals surface area contributed by atoms with E-state index in [0.717, 1.165) is 26.0 Å². The van der Waals surface area contributed by atoms with Gasteiger partial charge < -0.3 is 10.1 Å². The molecule has 1 saturated heterocycles. The molecule has 1 heterocycles.